The highest BCUT2D eigenvalue weighted by Crippen LogP contribution is 2.21. The van der Waals surface area contributed by atoms with Crippen LogP contribution < -0.4 is 5.43 Å². The van der Waals surface area contributed by atoms with E-state index >= 15 is 0 Å². The van der Waals surface area contributed by atoms with Gasteiger partial charge in [-0.05, 0) is 30.7 Å². The zero-order valence-corrected chi connectivity index (χ0v) is 12.4. The minimum atomic E-state index is -0.466. The zero-order chi connectivity index (χ0) is 14.5. The quantitative estimate of drug-likeness (QED) is 0.669. The molecule has 0 heterocycles. The third-order valence-electron chi connectivity index (χ3n) is 2.66. The number of hydrazone groups is 1. The standard InChI is InChI=1S/C15H13BrN2O2/c1-10-2-4-11(5-3-10)9-17-18-15(20)13-8-12(16)6-7-14(13)19/h2-9,19H,1H3,(H,18,20)/b17-9-. The molecule has 0 saturated heterocycles. The number of carbonyl (C=O) groups excluding carboxylic acids is 1. The molecule has 102 valence electrons. The van der Waals surface area contributed by atoms with Gasteiger partial charge in [-0.3, -0.25) is 4.79 Å². The third-order valence-corrected chi connectivity index (χ3v) is 3.15. The summed E-state index contributed by atoms with van der Waals surface area (Å²) in [6, 6.07) is 12.4. The van der Waals surface area contributed by atoms with Crippen molar-refractivity contribution in [1.29, 1.82) is 0 Å². The molecule has 2 N–H and O–H groups in total. The predicted octanol–water partition coefficient (Wildman–Crippen LogP) is 3.23. The van der Waals surface area contributed by atoms with E-state index in [0.717, 1.165) is 11.1 Å². The molecule has 0 aromatic heterocycles. The lowest BCUT2D eigenvalue weighted by molar-refractivity contribution is 0.0952. The molecule has 0 aliphatic heterocycles. The van der Waals surface area contributed by atoms with Crippen molar-refractivity contribution in [3.8, 4) is 5.75 Å². The van der Waals surface area contributed by atoms with Crippen LogP contribution in [-0.4, -0.2) is 17.2 Å². The number of nitrogens with one attached hydrogen (secondary N) is 1. The summed E-state index contributed by atoms with van der Waals surface area (Å²) in [5, 5.41) is 13.5. The fourth-order valence-electron chi connectivity index (χ4n) is 1.57. The Morgan fingerprint density at radius 3 is 2.65 bits per heavy atom. The first-order valence-electron chi connectivity index (χ1n) is 5.95. The van der Waals surface area contributed by atoms with Gasteiger partial charge in [0, 0.05) is 4.47 Å². The number of rotatable bonds is 3. The van der Waals surface area contributed by atoms with E-state index in [1.807, 2.05) is 31.2 Å². The lowest BCUT2D eigenvalue weighted by Gasteiger charge is -2.03. The van der Waals surface area contributed by atoms with Gasteiger partial charge in [0.25, 0.3) is 5.91 Å². The molecular formula is C15H13BrN2O2. The van der Waals surface area contributed by atoms with Crippen LogP contribution in [0.3, 0.4) is 0 Å². The van der Waals surface area contributed by atoms with E-state index in [4.69, 9.17) is 0 Å². The van der Waals surface area contributed by atoms with E-state index in [9.17, 15) is 9.90 Å². The molecule has 5 heteroatoms. The van der Waals surface area contributed by atoms with Crippen LogP contribution in [0.4, 0.5) is 0 Å². The molecule has 0 spiro atoms. The molecule has 20 heavy (non-hydrogen) atoms. The Labute approximate surface area is 125 Å². The van der Waals surface area contributed by atoms with Crippen LogP contribution in [0.15, 0.2) is 52.0 Å². The first-order valence-corrected chi connectivity index (χ1v) is 6.74. The molecular weight excluding hydrogens is 320 g/mol. The zero-order valence-electron chi connectivity index (χ0n) is 10.8. The number of carbonyl (C=O) groups is 1. The summed E-state index contributed by atoms with van der Waals surface area (Å²) in [6.45, 7) is 2.00. The van der Waals surface area contributed by atoms with E-state index < -0.39 is 5.91 Å². The summed E-state index contributed by atoms with van der Waals surface area (Å²) < 4.78 is 0.711. The maximum Gasteiger partial charge on any atom is 0.275 e. The SMILES string of the molecule is Cc1ccc(/C=N\NC(=O)c2cc(Br)ccc2O)cc1. The van der Waals surface area contributed by atoms with Gasteiger partial charge in [-0.2, -0.15) is 5.10 Å². The first-order chi connectivity index (χ1) is 9.56. The van der Waals surface area contributed by atoms with E-state index in [0.29, 0.717) is 4.47 Å². The summed E-state index contributed by atoms with van der Waals surface area (Å²) in [7, 11) is 0. The second kappa shape index (κ2) is 6.34. The number of aryl methyl sites for hydroxylation is 1. The van der Waals surface area contributed by atoms with Gasteiger partial charge in [0.15, 0.2) is 0 Å². The van der Waals surface area contributed by atoms with Crippen molar-refractivity contribution in [3.63, 3.8) is 0 Å². The number of aromatic hydroxyl groups is 1. The average molecular weight is 333 g/mol. The van der Waals surface area contributed by atoms with Gasteiger partial charge < -0.3 is 5.11 Å². The summed E-state index contributed by atoms with van der Waals surface area (Å²) in [6.07, 6.45) is 1.55. The molecule has 0 fully saturated rings. The second-order valence-electron chi connectivity index (χ2n) is 4.27. The van der Waals surface area contributed by atoms with Crippen molar-refractivity contribution in [3.05, 3.63) is 63.6 Å². The van der Waals surface area contributed by atoms with Crippen LogP contribution in [0.5, 0.6) is 5.75 Å². The molecule has 0 saturated carbocycles. The highest BCUT2D eigenvalue weighted by atomic mass is 79.9. The van der Waals surface area contributed by atoms with E-state index in [1.54, 1.807) is 12.3 Å². The normalized spacial score (nSPS) is 10.7. The summed E-state index contributed by atoms with van der Waals surface area (Å²) in [5.41, 5.74) is 4.59. The molecule has 4 nitrogen and oxygen atoms in total. The number of phenolic OH excluding ortho intramolecular Hbond substituents is 1. The monoisotopic (exact) mass is 332 g/mol. The Morgan fingerprint density at radius 1 is 1.25 bits per heavy atom. The van der Waals surface area contributed by atoms with Gasteiger partial charge in [-0.25, -0.2) is 5.43 Å². The number of hydrogen-bond donors (Lipinski definition) is 2. The maximum absolute atomic E-state index is 11.9. The van der Waals surface area contributed by atoms with Gasteiger partial charge in [-0.15, -0.1) is 0 Å². The van der Waals surface area contributed by atoms with Crippen molar-refractivity contribution in [2.75, 3.05) is 0 Å². The topological polar surface area (TPSA) is 61.7 Å². The van der Waals surface area contributed by atoms with Gasteiger partial charge in [0.1, 0.15) is 5.75 Å². The molecule has 2 aromatic carbocycles. The summed E-state index contributed by atoms with van der Waals surface area (Å²) in [5.74, 6) is -0.552. The Kier molecular flexibility index (Phi) is 4.53. The molecule has 0 aliphatic carbocycles. The molecule has 1 amide bonds. The van der Waals surface area contributed by atoms with Crippen molar-refractivity contribution in [1.82, 2.24) is 5.43 Å². The lowest BCUT2D eigenvalue weighted by atomic mass is 10.2. The molecule has 2 rings (SSSR count). The molecule has 0 radical (unpaired) electrons. The maximum atomic E-state index is 11.9. The van der Waals surface area contributed by atoms with Crippen LogP contribution >= 0.6 is 15.9 Å². The fraction of sp³-hybridized carbons (Fsp3) is 0.0667. The number of halogens is 1. The Balaban J connectivity index is 2.05. The van der Waals surface area contributed by atoms with Gasteiger partial charge in [0.05, 0.1) is 11.8 Å². The number of benzene rings is 2. The fourth-order valence-corrected chi connectivity index (χ4v) is 1.93. The largest absolute Gasteiger partial charge is 0.507 e. The first kappa shape index (κ1) is 14.3. The Hall–Kier alpha value is -2.14. The Bertz CT molecular complexity index is 651. The minimum Gasteiger partial charge on any atom is -0.507 e. The van der Waals surface area contributed by atoms with Crippen LogP contribution in [0.25, 0.3) is 0 Å². The lowest BCUT2D eigenvalue weighted by Crippen LogP contribution is -2.17. The highest BCUT2D eigenvalue weighted by Gasteiger charge is 2.10. The molecule has 0 bridgehead atoms. The highest BCUT2D eigenvalue weighted by molar-refractivity contribution is 9.10. The molecule has 0 atom stereocenters. The minimum absolute atomic E-state index is 0.0868. The predicted molar refractivity (Wildman–Crippen MR) is 82.0 cm³/mol. The third kappa shape index (κ3) is 3.68. The summed E-state index contributed by atoms with van der Waals surface area (Å²) in [4.78, 5) is 11.9. The van der Waals surface area contributed by atoms with Gasteiger partial charge in [0.2, 0.25) is 0 Å². The van der Waals surface area contributed by atoms with Crippen molar-refractivity contribution in [2.45, 2.75) is 6.92 Å². The van der Waals surface area contributed by atoms with E-state index in [-0.39, 0.29) is 11.3 Å². The van der Waals surface area contributed by atoms with Crippen molar-refractivity contribution >= 4 is 28.1 Å². The van der Waals surface area contributed by atoms with Crippen LogP contribution in [0, 0.1) is 6.92 Å². The van der Waals surface area contributed by atoms with Crippen molar-refractivity contribution in [2.24, 2.45) is 5.10 Å². The number of hydrogen-bond acceptors (Lipinski definition) is 3. The second-order valence-corrected chi connectivity index (χ2v) is 5.19. The van der Waals surface area contributed by atoms with Gasteiger partial charge in [-0.1, -0.05) is 45.8 Å². The smallest absolute Gasteiger partial charge is 0.275 e. The van der Waals surface area contributed by atoms with Gasteiger partial charge >= 0.3 is 0 Å². The number of amides is 1. The van der Waals surface area contributed by atoms with E-state index in [2.05, 4.69) is 26.5 Å². The van der Waals surface area contributed by atoms with Crippen molar-refractivity contribution < 1.29 is 9.90 Å². The number of nitrogens with zero attached hydrogens (tertiary/aromatic N) is 1. The molecule has 2 aromatic rings. The van der Waals surface area contributed by atoms with Crippen LogP contribution in [0.2, 0.25) is 0 Å². The average Bonchev–Trinajstić information content (AvgIpc) is 2.43. The molecule has 0 aliphatic rings. The van der Waals surface area contributed by atoms with Crippen LogP contribution in [0.1, 0.15) is 21.5 Å². The summed E-state index contributed by atoms with van der Waals surface area (Å²) >= 11 is 3.25. The number of phenols is 1. The van der Waals surface area contributed by atoms with E-state index in [1.165, 1.54) is 12.1 Å². The molecule has 0 unspecified atom stereocenters. The Morgan fingerprint density at radius 2 is 1.95 bits per heavy atom. The van der Waals surface area contributed by atoms with Crippen LogP contribution in [-0.2, 0) is 0 Å².